The minimum atomic E-state index is -1.02. The molecule has 2 aromatic heterocycles. The van der Waals surface area contributed by atoms with Gasteiger partial charge >= 0.3 is 0 Å². The molecule has 3 amide bonds. The van der Waals surface area contributed by atoms with Crippen LogP contribution in [0, 0.1) is 13.8 Å². The number of nitrogens with two attached hydrogens (primary N) is 2. The van der Waals surface area contributed by atoms with E-state index in [9.17, 15) is 14.4 Å². The molecule has 2 aromatic carbocycles. The van der Waals surface area contributed by atoms with Crippen LogP contribution in [-0.2, 0) is 4.79 Å². The molecule has 39 heavy (non-hydrogen) atoms. The molecule has 0 aliphatic heterocycles. The fourth-order valence-electron chi connectivity index (χ4n) is 5.24. The zero-order chi connectivity index (χ0) is 27.7. The molecule has 5 rings (SSSR count). The number of hydrogen-bond acceptors (Lipinski definition) is 6. The van der Waals surface area contributed by atoms with Crippen molar-refractivity contribution in [2.75, 3.05) is 10.6 Å². The number of aromatic amines is 1. The highest BCUT2D eigenvalue weighted by Gasteiger charge is 2.38. The number of H-pyrrole nitrogens is 1. The average Bonchev–Trinajstić information content (AvgIpc) is 3.53. The van der Waals surface area contributed by atoms with E-state index >= 15 is 0 Å². The summed E-state index contributed by atoms with van der Waals surface area (Å²) in [6.45, 7) is 3.94. The first kappa shape index (κ1) is 26.4. The fraction of sp³-hybridized carbons (Fsp3) is 0.310. The van der Waals surface area contributed by atoms with Crippen molar-refractivity contribution in [1.82, 2.24) is 14.7 Å². The number of anilines is 2. The van der Waals surface area contributed by atoms with Gasteiger partial charge in [-0.3, -0.25) is 19.3 Å². The first-order chi connectivity index (χ1) is 18.8. The lowest BCUT2D eigenvalue weighted by molar-refractivity contribution is -0.123. The van der Waals surface area contributed by atoms with E-state index in [0.717, 1.165) is 65.7 Å². The van der Waals surface area contributed by atoms with E-state index in [4.69, 9.17) is 11.5 Å². The molecule has 0 bridgehead atoms. The van der Waals surface area contributed by atoms with E-state index in [1.54, 1.807) is 6.20 Å². The van der Waals surface area contributed by atoms with Crippen molar-refractivity contribution >= 4 is 51.5 Å². The minimum Gasteiger partial charge on any atom is -0.395 e. The number of rotatable bonds is 7. The number of aryl methyl sites for hydroxylation is 2. The highest BCUT2D eigenvalue weighted by molar-refractivity contribution is 7.09. The third kappa shape index (κ3) is 5.12. The van der Waals surface area contributed by atoms with Gasteiger partial charge in [0, 0.05) is 34.4 Å². The third-order valence-corrected chi connectivity index (χ3v) is 8.37. The summed E-state index contributed by atoms with van der Waals surface area (Å²) >= 11 is 0.802. The molecular formula is C29H32N6O3S. The zero-order valence-corrected chi connectivity index (χ0v) is 22.8. The number of nitrogen functional groups attached to an aromatic ring is 1. The molecule has 0 unspecified atom stereocenters. The van der Waals surface area contributed by atoms with Crippen molar-refractivity contribution < 1.29 is 14.4 Å². The molecule has 2 heterocycles. The largest absolute Gasteiger partial charge is 0.395 e. The first-order valence-corrected chi connectivity index (χ1v) is 13.9. The van der Waals surface area contributed by atoms with Gasteiger partial charge in [-0.15, -0.1) is 0 Å². The van der Waals surface area contributed by atoms with Crippen LogP contribution in [0.15, 0.2) is 48.7 Å². The maximum atomic E-state index is 14.3. The number of amides is 3. The predicted octanol–water partition coefficient (Wildman–Crippen LogP) is 4.76. The van der Waals surface area contributed by atoms with Crippen molar-refractivity contribution in [2.45, 2.75) is 58.0 Å². The Labute approximate surface area is 230 Å². The molecular weight excluding hydrogens is 512 g/mol. The van der Waals surface area contributed by atoms with Crippen LogP contribution in [0.1, 0.15) is 75.0 Å². The van der Waals surface area contributed by atoms with Crippen LogP contribution >= 0.6 is 11.5 Å². The number of nitrogens with one attached hydrogen (secondary N) is 2. The van der Waals surface area contributed by atoms with E-state index in [1.807, 2.05) is 56.3 Å². The van der Waals surface area contributed by atoms with Crippen LogP contribution in [0.3, 0.4) is 0 Å². The summed E-state index contributed by atoms with van der Waals surface area (Å²) in [5.74, 6) is -1.63. The van der Waals surface area contributed by atoms with Crippen molar-refractivity contribution in [3.63, 3.8) is 0 Å². The van der Waals surface area contributed by atoms with Gasteiger partial charge in [-0.05, 0) is 67.5 Å². The van der Waals surface area contributed by atoms with Crippen LogP contribution in [0.2, 0.25) is 0 Å². The van der Waals surface area contributed by atoms with Gasteiger partial charge in [-0.25, -0.2) is 0 Å². The number of carbonyl (C=O) groups is 3. The second kappa shape index (κ2) is 10.9. The van der Waals surface area contributed by atoms with Gasteiger partial charge in [0.1, 0.15) is 10.9 Å². The maximum absolute atomic E-state index is 14.3. The number of fused-ring (bicyclic) bond motifs is 1. The molecule has 1 atom stereocenters. The Morgan fingerprint density at radius 2 is 1.82 bits per heavy atom. The van der Waals surface area contributed by atoms with Gasteiger partial charge in [-0.1, -0.05) is 43.5 Å². The second-order valence-electron chi connectivity index (χ2n) is 10.1. The molecule has 1 aliphatic carbocycles. The third-order valence-electron chi connectivity index (χ3n) is 7.52. The van der Waals surface area contributed by atoms with E-state index in [2.05, 4.69) is 14.7 Å². The lowest BCUT2D eigenvalue weighted by Crippen LogP contribution is -2.47. The van der Waals surface area contributed by atoms with E-state index < -0.39 is 17.9 Å². The zero-order valence-electron chi connectivity index (χ0n) is 22.0. The molecule has 6 N–H and O–H groups in total. The molecule has 1 aliphatic rings. The summed E-state index contributed by atoms with van der Waals surface area (Å²) in [7, 11) is 0. The molecule has 4 aromatic rings. The van der Waals surface area contributed by atoms with Crippen LogP contribution < -0.4 is 21.7 Å². The summed E-state index contributed by atoms with van der Waals surface area (Å²) in [6, 6.07) is 12.3. The van der Waals surface area contributed by atoms with Crippen LogP contribution in [0.4, 0.5) is 11.4 Å². The lowest BCUT2D eigenvalue weighted by atomic mass is 9.94. The number of primary amides is 1. The summed E-state index contributed by atoms with van der Waals surface area (Å²) in [6.07, 6.45) is 6.83. The standard InChI is InChI=1S/C29H32N6O3S/c1-16-12-13-19(14-17(16)2)35(29(38)26-23(30)24(27(31)36)34-39-26)25(28(37)33-18-8-4-3-5-9-18)21-15-32-22-11-7-6-10-20(21)22/h6-7,10-15,18,25,32H,3-5,8-9,30H2,1-2H3,(H2,31,36)(H,33,37)/t25-/m0/s1. The Morgan fingerprint density at radius 3 is 2.51 bits per heavy atom. The number of hydrogen-bond donors (Lipinski definition) is 4. The highest BCUT2D eigenvalue weighted by atomic mass is 32.1. The molecule has 0 saturated heterocycles. The van der Waals surface area contributed by atoms with Crippen LogP contribution in [0.5, 0.6) is 0 Å². The van der Waals surface area contributed by atoms with Crippen molar-refractivity contribution in [2.24, 2.45) is 5.73 Å². The monoisotopic (exact) mass is 544 g/mol. The van der Waals surface area contributed by atoms with Crippen molar-refractivity contribution in [3.05, 3.63) is 75.9 Å². The SMILES string of the molecule is Cc1ccc(N(C(=O)c2snc(C(N)=O)c2N)[C@H](C(=O)NC2CCCCC2)c2c[nH]c3ccccc23)cc1C. The summed E-state index contributed by atoms with van der Waals surface area (Å²) in [4.78, 5) is 45.2. The van der Waals surface area contributed by atoms with Gasteiger partial charge < -0.3 is 21.8 Å². The Bertz CT molecular complexity index is 1550. The Morgan fingerprint density at radius 1 is 1.08 bits per heavy atom. The summed E-state index contributed by atoms with van der Waals surface area (Å²) in [5, 5.41) is 4.06. The first-order valence-electron chi connectivity index (χ1n) is 13.1. The molecule has 1 saturated carbocycles. The van der Waals surface area contributed by atoms with E-state index in [1.165, 1.54) is 4.90 Å². The van der Waals surface area contributed by atoms with E-state index in [-0.39, 0.29) is 28.2 Å². The lowest BCUT2D eigenvalue weighted by Gasteiger charge is -2.33. The normalized spacial score (nSPS) is 14.7. The quantitative estimate of drug-likeness (QED) is 0.265. The van der Waals surface area contributed by atoms with Crippen LogP contribution in [0.25, 0.3) is 10.9 Å². The average molecular weight is 545 g/mol. The summed E-state index contributed by atoms with van der Waals surface area (Å²) < 4.78 is 4.04. The second-order valence-corrected chi connectivity index (χ2v) is 10.9. The van der Waals surface area contributed by atoms with Gasteiger partial charge in [0.2, 0.25) is 5.91 Å². The topological polar surface area (TPSA) is 147 Å². The van der Waals surface area contributed by atoms with Gasteiger partial charge in [0.05, 0.1) is 5.69 Å². The number of carbonyl (C=O) groups excluding carboxylic acids is 3. The predicted molar refractivity (Wildman–Crippen MR) is 154 cm³/mol. The smallest absolute Gasteiger partial charge is 0.273 e. The minimum absolute atomic E-state index is 0.0330. The van der Waals surface area contributed by atoms with E-state index in [0.29, 0.717) is 11.3 Å². The number of para-hydroxylation sites is 1. The number of benzene rings is 2. The Balaban J connectivity index is 1.69. The van der Waals surface area contributed by atoms with Gasteiger partial charge in [0.15, 0.2) is 5.69 Å². The summed E-state index contributed by atoms with van der Waals surface area (Å²) in [5.41, 5.74) is 15.5. The molecule has 0 radical (unpaired) electrons. The number of aromatic nitrogens is 2. The highest BCUT2D eigenvalue weighted by Crippen LogP contribution is 2.37. The van der Waals surface area contributed by atoms with Crippen LogP contribution in [-0.4, -0.2) is 33.1 Å². The molecule has 1 fully saturated rings. The van der Waals surface area contributed by atoms with Crippen molar-refractivity contribution in [1.29, 1.82) is 0 Å². The molecule has 202 valence electrons. The molecule has 9 nitrogen and oxygen atoms in total. The van der Waals surface area contributed by atoms with Gasteiger partial charge in [0.25, 0.3) is 11.8 Å². The maximum Gasteiger partial charge on any atom is 0.273 e. The van der Waals surface area contributed by atoms with Crippen molar-refractivity contribution in [3.8, 4) is 0 Å². The molecule has 10 heteroatoms. The number of nitrogens with zero attached hydrogens (tertiary/aromatic N) is 2. The Hall–Kier alpha value is -4.18. The molecule has 0 spiro atoms. The van der Waals surface area contributed by atoms with Gasteiger partial charge in [-0.2, -0.15) is 4.37 Å². The fourth-order valence-corrected chi connectivity index (χ4v) is 5.98. The Kier molecular flexibility index (Phi) is 7.38.